The van der Waals surface area contributed by atoms with E-state index in [1.165, 1.54) is 41.7 Å². The number of benzene rings is 2. The Labute approximate surface area is 198 Å². The van der Waals surface area contributed by atoms with Crippen molar-refractivity contribution in [1.29, 1.82) is 5.26 Å². The Morgan fingerprint density at radius 2 is 1.85 bits per heavy atom. The summed E-state index contributed by atoms with van der Waals surface area (Å²) in [4.78, 5) is 21.2. The van der Waals surface area contributed by atoms with Crippen molar-refractivity contribution in [2.24, 2.45) is 0 Å². The zero-order valence-corrected chi connectivity index (χ0v) is 19.2. The summed E-state index contributed by atoms with van der Waals surface area (Å²) in [5, 5.41) is 16.5. The van der Waals surface area contributed by atoms with Crippen molar-refractivity contribution in [1.82, 2.24) is 9.97 Å². The van der Waals surface area contributed by atoms with Crippen LogP contribution in [0.2, 0.25) is 0 Å². The average Bonchev–Trinajstić information content (AvgIpc) is 3.28. The first-order valence-electron chi connectivity index (χ1n) is 9.72. The van der Waals surface area contributed by atoms with Gasteiger partial charge < -0.3 is 10.6 Å². The second-order valence-corrected chi connectivity index (χ2v) is 9.98. The van der Waals surface area contributed by atoms with E-state index in [9.17, 15) is 17.6 Å². The summed E-state index contributed by atoms with van der Waals surface area (Å²) >= 11 is 1.27. The van der Waals surface area contributed by atoms with Crippen LogP contribution in [-0.2, 0) is 9.84 Å². The molecule has 11 heteroatoms. The normalized spacial score (nSPS) is 11.0. The summed E-state index contributed by atoms with van der Waals surface area (Å²) < 4.78 is 38.8. The Balaban J connectivity index is 1.64. The average molecular weight is 494 g/mol. The lowest BCUT2D eigenvalue weighted by atomic mass is 10.1. The van der Waals surface area contributed by atoms with Gasteiger partial charge in [-0.15, -0.1) is 11.3 Å². The van der Waals surface area contributed by atoms with Gasteiger partial charge in [0.05, 0.1) is 33.6 Å². The molecule has 0 fully saturated rings. The number of anilines is 3. The maximum Gasteiger partial charge on any atom is 0.255 e. The minimum absolute atomic E-state index is 0.0192. The van der Waals surface area contributed by atoms with Gasteiger partial charge in [-0.05, 0) is 48.5 Å². The Hall–Kier alpha value is -4.14. The molecule has 0 saturated heterocycles. The van der Waals surface area contributed by atoms with E-state index in [0.717, 1.165) is 17.9 Å². The number of hydrogen-bond acceptors (Lipinski definition) is 8. The summed E-state index contributed by atoms with van der Waals surface area (Å²) in [5.41, 5.74) is 1.80. The molecule has 0 unspecified atom stereocenters. The Morgan fingerprint density at radius 1 is 1.09 bits per heavy atom. The van der Waals surface area contributed by atoms with E-state index in [1.807, 2.05) is 11.4 Å². The fraction of sp³-hybridized carbons (Fsp3) is 0.0435. The van der Waals surface area contributed by atoms with Gasteiger partial charge in [-0.2, -0.15) is 5.26 Å². The molecule has 0 bridgehead atoms. The van der Waals surface area contributed by atoms with Gasteiger partial charge in [-0.3, -0.25) is 9.78 Å². The van der Waals surface area contributed by atoms with Gasteiger partial charge in [0, 0.05) is 35.2 Å². The quantitative estimate of drug-likeness (QED) is 0.402. The summed E-state index contributed by atoms with van der Waals surface area (Å²) in [6.45, 7) is 0. The lowest BCUT2D eigenvalue weighted by Crippen LogP contribution is -2.14. The van der Waals surface area contributed by atoms with Crippen LogP contribution in [0.25, 0.3) is 11.3 Å². The topological polar surface area (TPSA) is 125 Å². The highest BCUT2D eigenvalue weighted by atomic mass is 32.2. The molecule has 0 radical (unpaired) electrons. The van der Waals surface area contributed by atoms with Gasteiger partial charge in [-0.1, -0.05) is 0 Å². The molecular weight excluding hydrogens is 477 g/mol. The van der Waals surface area contributed by atoms with Crippen LogP contribution in [0, 0.1) is 17.1 Å². The van der Waals surface area contributed by atoms with Gasteiger partial charge >= 0.3 is 0 Å². The number of halogens is 1. The second kappa shape index (κ2) is 9.38. The third kappa shape index (κ3) is 5.09. The molecule has 0 aliphatic heterocycles. The number of carbonyl (C=O) groups excluding carboxylic acids is 1. The van der Waals surface area contributed by atoms with Crippen molar-refractivity contribution in [3.8, 4) is 17.3 Å². The number of nitriles is 1. The molecule has 0 spiro atoms. The van der Waals surface area contributed by atoms with E-state index in [-0.39, 0.29) is 27.4 Å². The molecule has 4 aromatic rings. The Kier molecular flexibility index (Phi) is 6.36. The molecule has 0 atom stereocenters. The minimum Gasteiger partial charge on any atom is -0.330 e. The second-order valence-electron chi connectivity index (χ2n) is 7.14. The highest BCUT2D eigenvalue weighted by Crippen LogP contribution is 2.31. The molecule has 0 saturated carbocycles. The number of pyridine rings is 1. The SMILES string of the molecule is CS(=O)(=O)c1ccc(C(=O)Nc2ccc(C#N)cc2F)cc1Nc1nc(-c2ccncc2)cs1. The van der Waals surface area contributed by atoms with Crippen LogP contribution in [0.4, 0.5) is 20.9 Å². The van der Waals surface area contributed by atoms with Crippen LogP contribution >= 0.6 is 11.3 Å². The third-order valence-corrected chi connectivity index (χ3v) is 6.62. The van der Waals surface area contributed by atoms with E-state index < -0.39 is 21.6 Å². The number of amides is 1. The molecule has 8 nitrogen and oxygen atoms in total. The lowest BCUT2D eigenvalue weighted by molar-refractivity contribution is 0.102. The predicted molar refractivity (Wildman–Crippen MR) is 127 cm³/mol. The van der Waals surface area contributed by atoms with E-state index >= 15 is 0 Å². The molecule has 2 aromatic carbocycles. The summed E-state index contributed by atoms with van der Waals surface area (Å²) in [5.74, 6) is -1.41. The van der Waals surface area contributed by atoms with Crippen molar-refractivity contribution in [2.45, 2.75) is 4.90 Å². The van der Waals surface area contributed by atoms with Gasteiger partial charge in [0.25, 0.3) is 5.91 Å². The molecule has 2 N–H and O–H groups in total. The molecule has 0 aliphatic carbocycles. The van der Waals surface area contributed by atoms with Gasteiger partial charge in [0.2, 0.25) is 0 Å². The maximum absolute atomic E-state index is 14.2. The van der Waals surface area contributed by atoms with Crippen molar-refractivity contribution in [3.63, 3.8) is 0 Å². The fourth-order valence-electron chi connectivity index (χ4n) is 3.07. The Bertz CT molecular complexity index is 1530. The summed E-state index contributed by atoms with van der Waals surface area (Å²) in [6.07, 6.45) is 4.34. The lowest BCUT2D eigenvalue weighted by Gasteiger charge is -2.12. The maximum atomic E-state index is 14.2. The standard InChI is InChI=1S/C23H16FN5O3S2/c1-34(31,32)21-5-3-16(22(30)27-18-4-2-14(12-25)10-17(18)24)11-19(21)28-23-29-20(13-33-23)15-6-8-26-9-7-15/h2-11,13H,1H3,(H,27,30)(H,28,29). The number of rotatable bonds is 6. The van der Waals surface area contributed by atoms with E-state index in [1.54, 1.807) is 24.5 Å². The largest absolute Gasteiger partial charge is 0.330 e. The molecule has 0 aliphatic rings. The van der Waals surface area contributed by atoms with Crippen LogP contribution in [0.15, 0.2) is 71.2 Å². The van der Waals surface area contributed by atoms with Crippen molar-refractivity contribution >= 4 is 43.6 Å². The highest BCUT2D eigenvalue weighted by Gasteiger charge is 2.18. The van der Waals surface area contributed by atoms with Crippen LogP contribution in [0.5, 0.6) is 0 Å². The number of aromatic nitrogens is 2. The summed E-state index contributed by atoms with van der Waals surface area (Å²) in [6, 6.07) is 13.1. The molecule has 2 aromatic heterocycles. The third-order valence-electron chi connectivity index (χ3n) is 4.71. The molecule has 34 heavy (non-hydrogen) atoms. The van der Waals surface area contributed by atoms with Gasteiger partial charge in [0.1, 0.15) is 5.82 Å². The van der Waals surface area contributed by atoms with Gasteiger partial charge in [0.15, 0.2) is 15.0 Å². The molecule has 170 valence electrons. The highest BCUT2D eigenvalue weighted by molar-refractivity contribution is 7.90. The fourth-order valence-corrected chi connectivity index (χ4v) is 4.63. The predicted octanol–water partition coefficient (Wildman–Crippen LogP) is 4.62. The van der Waals surface area contributed by atoms with Crippen LogP contribution in [0.3, 0.4) is 0 Å². The number of nitrogens with one attached hydrogen (secondary N) is 2. The number of hydrogen-bond donors (Lipinski definition) is 2. The van der Waals surface area contributed by atoms with Crippen LogP contribution in [0.1, 0.15) is 15.9 Å². The number of nitrogens with zero attached hydrogens (tertiary/aromatic N) is 3. The van der Waals surface area contributed by atoms with E-state index in [0.29, 0.717) is 10.8 Å². The van der Waals surface area contributed by atoms with Crippen molar-refractivity contribution in [3.05, 3.63) is 83.2 Å². The smallest absolute Gasteiger partial charge is 0.255 e. The number of sulfone groups is 1. The molecule has 2 heterocycles. The number of thiazole rings is 1. The van der Waals surface area contributed by atoms with Crippen molar-refractivity contribution in [2.75, 3.05) is 16.9 Å². The molecule has 4 rings (SSSR count). The number of carbonyl (C=O) groups is 1. The Morgan fingerprint density at radius 3 is 2.53 bits per heavy atom. The van der Waals surface area contributed by atoms with Crippen molar-refractivity contribution < 1.29 is 17.6 Å². The zero-order valence-electron chi connectivity index (χ0n) is 17.6. The van der Waals surface area contributed by atoms with Crippen LogP contribution in [-0.4, -0.2) is 30.5 Å². The first kappa shape index (κ1) is 23.0. The van der Waals surface area contributed by atoms with Gasteiger partial charge in [-0.25, -0.2) is 17.8 Å². The first-order valence-corrected chi connectivity index (χ1v) is 12.5. The molecular formula is C23H16FN5O3S2. The van der Waals surface area contributed by atoms with E-state index in [2.05, 4.69) is 20.6 Å². The van der Waals surface area contributed by atoms with Crippen LogP contribution < -0.4 is 10.6 Å². The molecule has 1 amide bonds. The minimum atomic E-state index is -3.63. The first-order chi connectivity index (χ1) is 16.2. The zero-order chi connectivity index (χ0) is 24.3. The summed E-state index contributed by atoms with van der Waals surface area (Å²) in [7, 11) is -3.63. The monoisotopic (exact) mass is 493 g/mol. The van der Waals surface area contributed by atoms with E-state index in [4.69, 9.17) is 5.26 Å².